The van der Waals surface area contributed by atoms with Gasteiger partial charge < -0.3 is 9.64 Å². The fourth-order valence-corrected chi connectivity index (χ4v) is 3.84. The number of anilines is 1. The fourth-order valence-electron chi connectivity index (χ4n) is 3.84. The van der Waals surface area contributed by atoms with Crippen molar-refractivity contribution in [2.45, 2.75) is 51.7 Å². The lowest BCUT2D eigenvalue weighted by atomic mass is 9.94. The minimum absolute atomic E-state index is 0.0199. The highest BCUT2D eigenvalue weighted by Crippen LogP contribution is 2.34. The monoisotopic (exact) mass is 378 g/mol. The number of aromatic nitrogens is 5. The molecule has 2 unspecified atom stereocenters. The summed E-state index contributed by atoms with van der Waals surface area (Å²) in [6.45, 7) is 5.65. The molecule has 1 aliphatic rings. The Morgan fingerprint density at radius 2 is 2.00 bits per heavy atom. The Labute approximate surface area is 165 Å². The normalized spacial score (nSPS) is 19.9. The van der Waals surface area contributed by atoms with Crippen LogP contribution in [0.3, 0.4) is 0 Å². The first-order valence-corrected chi connectivity index (χ1v) is 10.0. The van der Waals surface area contributed by atoms with Crippen molar-refractivity contribution in [3.8, 4) is 0 Å². The van der Waals surface area contributed by atoms with Crippen LogP contribution in [0.5, 0.6) is 0 Å². The van der Waals surface area contributed by atoms with Crippen LogP contribution in [0, 0.1) is 6.92 Å². The summed E-state index contributed by atoms with van der Waals surface area (Å²) in [5, 5.41) is 0. The van der Waals surface area contributed by atoms with Crippen molar-refractivity contribution >= 4 is 17.1 Å². The second kappa shape index (κ2) is 8.56. The van der Waals surface area contributed by atoms with Crippen LogP contribution < -0.4 is 4.90 Å². The van der Waals surface area contributed by atoms with Gasteiger partial charge in [0, 0.05) is 30.8 Å². The molecule has 1 saturated heterocycles. The topological polar surface area (TPSA) is 76.9 Å². The lowest BCUT2D eigenvalue weighted by Gasteiger charge is -2.41. The molecule has 0 aromatic carbocycles. The second-order valence-electron chi connectivity index (χ2n) is 7.21. The summed E-state index contributed by atoms with van der Waals surface area (Å²) < 4.78 is 6.25. The van der Waals surface area contributed by atoms with E-state index in [-0.39, 0.29) is 12.1 Å². The Morgan fingerprint density at radius 1 is 1.11 bits per heavy atom. The van der Waals surface area contributed by atoms with Crippen LogP contribution in [0.2, 0.25) is 0 Å². The zero-order valence-electron chi connectivity index (χ0n) is 16.5. The quantitative estimate of drug-likeness (QED) is 0.606. The standard InChI is InChI=1S/C21H26N6O/c1-3-4-5-6-18-19(16-7-8-22-15(2)13-16)28-12-11-27(18)21-25-14-17-20(26-21)24-10-9-23-17/h7-10,13-14,18-19H,3-6,11-12H2,1-2H3. The summed E-state index contributed by atoms with van der Waals surface area (Å²) in [5.74, 6) is 0.702. The van der Waals surface area contributed by atoms with Gasteiger partial charge in [-0.1, -0.05) is 26.2 Å². The van der Waals surface area contributed by atoms with Gasteiger partial charge in [-0.15, -0.1) is 0 Å². The highest BCUT2D eigenvalue weighted by atomic mass is 16.5. The maximum atomic E-state index is 6.25. The van der Waals surface area contributed by atoms with Gasteiger partial charge in [0.25, 0.3) is 0 Å². The van der Waals surface area contributed by atoms with Gasteiger partial charge in [-0.2, -0.15) is 4.98 Å². The van der Waals surface area contributed by atoms with E-state index in [9.17, 15) is 0 Å². The van der Waals surface area contributed by atoms with Gasteiger partial charge in [-0.3, -0.25) is 4.98 Å². The molecule has 7 nitrogen and oxygen atoms in total. The summed E-state index contributed by atoms with van der Waals surface area (Å²) in [4.78, 5) is 24.5. The third-order valence-corrected chi connectivity index (χ3v) is 5.20. The van der Waals surface area contributed by atoms with Gasteiger partial charge in [0.15, 0.2) is 5.65 Å². The van der Waals surface area contributed by atoms with Crippen LogP contribution in [-0.2, 0) is 4.74 Å². The SMILES string of the molecule is CCCCCC1C(c2ccnc(C)c2)OCCN1c1ncc2nccnc2n1. The van der Waals surface area contributed by atoms with Crippen LogP contribution >= 0.6 is 0 Å². The van der Waals surface area contributed by atoms with Crippen molar-refractivity contribution in [2.75, 3.05) is 18.1 Å². The molecule has 0 aliphatic carbocycles. The zero-order chi connectivity index (χ0) is 19.3. The number of hydrogen-bond donors (Lipinski definition) is 0. The van der Waals surface area contributed by atoms with Crippen molar-refractivity contribution in [3.05, 3.63) is 48.2 Å². The average molecular weight is 378 g/mol. The zero-order valence-corrected chi connectivity index (χ0v) is 16.5. The van der Waals surface area contributed by atoms with Gasteiger partial charge in [-0.25, -0.2) is 15.0 Å². The Balaban J connectivity index is 1.68. The van der Waals surface area contributed by atoms with Crippen LogP contribution in [0.1, 0.15) is 50.0 Å². The fraction of sp³-hybridized carbons (Fsp3) is 0.476. The smallest absolute Gasteiger partial charge is 0.227 e. The molecule has 0 spiro atoms. The molecular weight excluding hydrogens is 352 g/mol. The van der Waals surface area contributed by atoms with E-state index in [0.29, 0.717) is 23.7 Å². The van der Waals surface area contributed by atoms with Gasteiger partial charge in [-0.05, 0) is 31.0 Å². The molecule has 2 atom stereocenters. The lowest BCUT2D eigenvalue weighted by molar-refractivity contribution is 0.00629. The predicted molar refractivity (Wildman–Crippen MR) is 108 cm³/mol. The van der Waals surface area contributed by atoms with Gasteiger partial charge in [0.1, 0.15) is 11.6 Å². The molecule has 3 aromatic heterocycles. The molecule has 1 fully saturated rings. The maximum absolute atomic E-state index is 6.25. The van der Waals surface area contributed by atoms with Crippen molar-refractivity contribution in [2.24, 2.45) is 0 Å². The minimum Gasteiger partial charge on any atom is -0.370 e. The number of ether oxygens (including phenoxy) is 1. The van der Waals surface area contributed by atoms with E-state index in [1.807, 2.05) is 13.1 Å². The van der Waals surface area contributed by atoms with Crippen LogP contribution in [-0.4, -0.2) is 44.1 Å². The number of nitrogens with zero attached hydrogens (tertiary/aromatic N) is 6. The van der Waals surface area contributed by atoms with Crippen molar-refractivity contribution in [3.63, 3.8) is 0 Å². The summed E-state index contributed by atoms with van der Waals surface area (Å²) in [5.41, 5.74) is 3.51. The van der Waals surface area contributed by atoms with Crippen LogP contribution in [0.15, 0.2) is 36.9 Å². The molecule has 7 heteroatoms. The molecule has 3 aromatic rings. The predicted octanol–water partition coefficient (Wildman–Crippen LogP) is 3.65. The first kappa shape index (κ1) is 18.7. The number of rotatable bonds is 6. The molecule has 146 valence electrons. The number of aryl methyl sites for hydroxylation is 1. The van der Waals surface area contributed by atoms with E-state index in [1.54, 1.807) is 18.6 Å². The molecule has 0 N–H and O–H groups in total. The number of fused-ring (bicyclic) bond motifs is 1. The Bertz CT molecular complexity index is 933. The van der Waals surface area contributed by atoms with Gasteiger partial charge in [0.2, 0.25) is 5.95 Å². The maximum Gasteiger partial charge on any atom is 0.227 e. The summed E-state index contributed by atoms with van der Waals surface area (Å²) in [6, 6.07) is 4.35. The third-order valence-electron chi connectivity index (χ3n) is 5.20. The molecule has 0 radical (unpaired) electrons. The molecule has 0 bridgehead atoms. The van der Waals surface area contributed by atoms with E-state index in [0.717, 1.165) is 25.1 Å². The molecule has 4 heterocycles. The Hall–Kier alpha value is -2.67. The van der Waals surface area contributed by atoms with E-state index in [2.05, 4.69) is 43.9 Å². The van der Waals surface area contributed by atoms with Crippen molar-refractivity contribution in [1.82, 2.24) is 24.9 Å². The largest absolute Gasteiger partial charge is 0.370 e. The minimum atomic E-state index is -0.0199. The molecule has 0 amide bonds. The summed E-state index contributed by atoms with van der Waals surface area (Å²) in [6.07, 6.45) is 11.5. The van der Waals surface area contributed by atoms with Crippen molar-refractivity contribution in [1.29, 1.82) is 0 Å². The van der Waals surface area contributed by atoms with E-state index < -0.39 is 0 Å². The van der Waals surface area contributed by atoms with Gasteiger partial charge in [0.05, 0.1) is 18.8 Å². The number of pyridine rings is 1. The average Bonchev–Trinajstić information content (AvgIpc) is 2.73. The second-order valence-corrected chi connectivity index (χ2v) is 7.21. The van der Waals surface area contributed by atoms with E-state index in [1.165, 1.54) is 18.4 Å². The van der Waals surface area contributed by atoms with E-state index in [4.69, 9.17) is 9.72 Å². The number of morpholine rings is 1. The highest BCUT2D eigenvalue weighted by molar-refractivity contribution is 5.69. The van der Waals surface area contributed by atoms with E-state index >= 15 is 0 Å². The Morgan fingerprint density at radius 3 is 2.86 bits per heavy atom. The summed E-state index contributed by atoms with van der Waals surface area (Å²) in [7, 11) is 0. The highest BCUT2D eigenvalue weighted by Gasteiger charge is 2.34. The van der Waals surface area contributed by atoms with Crippen LogP contribution in [0.25, 0.3) is 11.2 Å². The molecule has 28 heavy (non-hydrogen) atoms. The first-order valence-electron chi connectivity index (χ1n) is 10.0. The first-order chi connectivity index (χ1) is 13.8. The van der Waals surface area contributed by atoms with Crippen LogP contribution in [0.4, 0.5) is 5.95 Å². The van der Waals surface area contributed by atoms with Gasteiger partial charge >= 0.3 is 0 Å². The Kier molecular flexibility index (Phi) is 5.71. The number of unbranched alkanes of at least 4 members (excludes halogenated alkanes) is 2. The molecule has 0 saturated carbocycles. The summed E-state index contributed by atoms with van der Waals surface area (Å²) >= 11 is 0. The molecule has 1 aliphatic heterocycles. The number of hydrogen-bond acceptors (Lipinski definition) is 7. The lowest BCUT2D eigenvalue weighted by Crippen LogP contribution is -2.48. The van der Waals surface area contributed by atoms with Crippen molar-refractivity contribution < 1.29 is 4.74 Å². The third kappa shape index (κ3) is 3.94. The molecular formula is C21H26N6O. The molecule has 4 rings (SSSR count).